The summed E-state index contributed by atoms with van der Waals surface area (Å²) < 4.78 is 0. The van der Waals surface area contributed by atoms with Gasteiger partial charge in [-0.3, -0.25) is 9.97 Å². The van der Waals surface area contributed by atoms with E-state index in [1.165, 1.54) is 35.2 Å². The summed E-state index contributed by atoms with van der Waals surface area (Å²) in [7, 11) is 0. The van der Waals surface area contributed by atoms with Crippen LogP contribution in [0.1, 0.15) is 29.7 Å². The molecule has 0 bridgehead atoms. The summed E-state index contributed by atoms with van der Waals surface area (Å²) in [6, 6.07) is 19.1. The summed E-state index contributed by atoms with van der Waals surface area (Å²) in [6.45, 7) is 2.10. The van der Waals surface area contributed by atoms with E-state index in [0.717, 1.165) is 18.5 Å². The lowest BCUT2D eigenvalue weighted by molar-refractivity contribution is 0.723. The normalized spacial score (nSPS) is 10.7. The maximum absolute atomic E-state index is 4.44. The predicted octanol–water partition coefficient (Wildman–Crippen LogP) is 5.02. The number of pyridine rings is 2. The number of rotatable bonds is 6. The summed E-state index contributed by atoms with van der Waals surface area (Å²) in [4.78, 5) is 8.81. The Morgan fingerprint density at radius 2 is 1.61 bits per heavy atom. The number of aromatic nitrogens is 2. The van der Waals surface area contributed by atoms with Crippen molar-refractivity contribution >= 4 is 0 Å². The zero-order valence-electron chi connectivity index (χ0n) is 13.6. The third kappa shape index (κ3) is 4.49. The monoisotopic (exact) mass is 302 g/mol. The van der Waals surface area contributed by atoms with Crippen LogP contribution in [0.25, 0.3) is 11.3 Å². The first-order chi connectivity index (χ1) is 11.3. The highest BCUT2D eigenvalue weighted by atomic mass is 14.7. The lowest BCUT2D eigenvalue weighted by Crippen LogP contribution is -1.92. The largest absolute Gasteiger partial charge is 0.261 e. The topological polar surface area (TPSA) is 25.8 Å². The minimum absolute atomic E-state index is 1.05. The standard InChI is InChI=1S/C21H22N2/c1-17-13-15-23-21(16-17)19-11-9-18(10-12-19)6-2-3-7-20-8-4-5-14-22-20/h4-5,8-16H,2-3,6-7H2,1H3. The quantitative estimate of drug-likeness (QED) is 0.598. The van der Waals surface area contributed by atoms with Gasteiger partial charge in [-0.05, 0) is 68.0 Å². The van der Waals surface area contributed by atoms with Crippen LogP contribution in [0, 0.1) is 6.92 Å². The van der Waals surface area contributed by atoms with E-state index < -0.39 is 0 Å². The van der Waals surface area contributed by atoms with E-state index in [-0.39, 0.29) is 0 Å². The molecule has 1 aromatic carbocycles. The zero-order valence-corrected chi connectivity index (χ0v) is 13.6. The van der Waals surface area contributed by atoms with Gasteiger partial charge in [0, 0.05) is 23.7 Å². The number of aryl methyl sites for hydroxylation is 3. The second-order valence-electron chi connectivity index (χ2n) is 5.94. The van der Waals surface area contributed by atoms with Crippen molar-refractivity contribution in [2.45, 2.75) is 32.6 Å². The summed E-state index contributed by atoms with van der Waals surface area (Å²) in [6.07, 6.45) is 8.29. The van der Waals surface area contributed by atoms with Gasteiger partial charge in [0.25, 0.3) is 0 Å². The number of unbranched alkanes of at least 4 members (excludes halogenated alkanes) is 1. The first-order valence-electron chi connectivity index (χ1n) is 8.23. The molecular weight excluding hydrogens is 280 g/mol. The maximum Gasteiger partial charge on any atom is 0.0704 e. The number of benzene rings is 1. The van der Waals surface area contributed by atoms with Gasteiger partial charge >= 0.3 is 0 Å². The molecule has 0 N–H and O–H groups in total. The molecule has 0 saturated carbocycles. The van der Waals surface area contributed by atoms with Crippen LogP contribution in [0.4, 0.5) is 0 Å². The maximum atomic E-state index is 4.44. The lowest BCUT2D eigenvalue weighted by Gasteiger charge is -2.05. The Morgan fingerprint density at radius 3 is 2.35 bits per heavy atom. The van der Waals surface area contributed by atoms with E-state index in [1.54, 1.807) is 0 Å². The zero-order chi connectivity index (χ0) is 15.9. The summed E-state index contributed by atoms with van der Waals surface area (Å²) in [5.41, 5.74) is 6.06. The molecule has 0 atom stereocenters. The van der Waals surface area contributed by atoms with E-state index in [4.69, 9.17) is 0 Å². The van der Waals surface area contributed by atoms with Gasteiger partial charge in [0.05, 0.1) is 5.69 Å². The van der Waals surface area contributed by atoms with Crippen LogP contribution in [-0.4, -0.2) is 9.97 Å². The summed E-state index contributed by atoms with van der Waals surface area (Å²) in [5, 5.41) is 0. The van der Waals surface area contributed by atoms with Crippen molar-refractivity contribution in [3.63, 3.8) is 0 Å². The van der Waals surface area contributed by atoms with Gasteiger partial charge in [-0.15, -0.1) is 0 Å². The van der Waals surface area contributed by atoms with Crippen molar-refractivity contribution in [3.05, 3.63) is 83.8 Å². The number of hydrogen-bond acceptors (Lipinski definition) is 2. The Kier molecular flexibility index (Phi) is 5.15. The molecule has 3 rings (SSSR count). The molecule has 2 heterocycles. The molecule has 0 amide bonds. The molecule has 0 fully saturated rings. The second-order valence-corrected chi connectivity index (χ2v) is 5.94. The molecule has 2 nitrogen and oxygen atoms in total. The van der Waals surface area contributed by atoms with E-state index in [2.05, 4.69) is 59.4 Å². The lowest BCUT2D eigenvalue weighted by atomic mass is 10.0. The molecule has 0 unspecified atom stereocenters. The molecule has 3 aromatic rings. The predicted molar refractivity (Wildman–Crippen MR) is 95.3 cm³/mol. The van der Waals surface area contributed by atoms with Crippen molar-refractivity contribution in [3.8, 4) is 11.3 Å². The second kappa shape index (κ2) is 7.68. The molecule has 0 aliphatic heterocycles. The van der Waals surface area contributed by atoms with Crippen LogP contribution >= 0.6 is 0 Å². The fraction of sp³-hybridized carbons (Fsp3) is 0.238. The highest BCUT2D eigenvalue weighted by molar-refractivity contribution is 5.59. The van der Waals surface area contributed by atoms with Crippen LogP contribution < -0.4 is 0 Å². The van der Waals surface area contributed by atoms with E-state index in [9.17, 15) is 0 Å². The van der Waals surface area contributed by atoms with Gasteiger partial charge < -0.3 is 0 Å². The highest BCUT2D eigenvalue weighted by Crippen LogP contribution is 2.19. The van der Waals surface area contributed by atoms with Crippen LogP contribution in [0.3, 0.4) is 0 Å². The Morgan fingerprint density at radius 1 is 0.783 bits per heavy atom. The van der Waals surface area contributed by atoms with Gasteiger partial charge in [-0.25, -0.2) is 0 Å². The Balaban J connectivity index is 1.52. The van der Waals surface area contributed by atoms with Crippen molar-refractivity contribution in [1.82, 2.24) is 9.97 Å². The Bertz CT molecular complexity index is 733. The molecule has 2 heteroatoms. The van der Waals surface area contributed by atoms with Gasteiger partial charge in [-0.1, -0.05) is 30.3 Å². The summed E-state index contributed by atoms with van der Waals surface area (Å²) in [5.74, 6) is 0. The van der Waals surface area contributed by atoms with Gasteiger partial charge in [0.2, 0.25) is 0 Å². The summed E-state index contributed by atoms with van der Waals surface area (Å²) >= 11 is 0. The molecular formula is C21H22N2. The molecule has 0 spiro atoms. The molecule has 0 aliphatic carbocycles. The fourth-order valence-corrected chi connectivity index (χ4v) is 2.72. The molecule has 0 aliphatic rings. The van der Waals surface area contributed by atoms with Crippen LogP contribution in [0.5, 0.6) is 0 Å². The molecule has 2 aromatic heterocycles. The van der Waals surface area contributed by atoms with Gasteiger partial charge in [-0.2, -0.15) is 0 Å². The first kappa shape index (κ1) is 15.4. The minimum atomic E-state index is 1.05. The third-order valence-corrected chi connectivity index (χ3v) is 4.04. The SMILES string of the molecule is Cc1ccnc(-c2ccc(CCCCc3ccccn3)cc2)c1. The Labute approximate surface area is 138 Å². The molecule has 23 heavy (non-hydrogen) atoms. The Hall–Kier alpha value is -2.48. The molecule has 0 radical (unpaired) electrons. The average Bonchev–Trinajstić information content (AvgIpc) is 2.60. The molecule has 0 saturated heterocycles. The number of nitrogens with zero attached hydrogens (tertiary/aromatic N) is 2. The van der Waals surface area contributed by atoms with Crippen LogP contribution in [0.15, 0.2) is 67.0 Å². The highest BCUT2D eigenvalue weighted by Gasteiger charge is 2.01. The van der Waals surface area contributed by atoms with Crippen molar-refractivity contribution < 1.29 is 0 Å². The average molecular weight is 302 g/mol. The van der Waals surface area contributed by atoms with E-state index in [0.29, 0.717) is 0 Å². The van der Waals surface area contributed by atoms with Crippen molar-refractivity contribution in [2.24, 2.45) is 0 Å². The minimum Gasteiger partial charge on any atom is -0.261 e. The number of hydrogen-bond donors (Lipinski definition) is 0. The van der Waals surface area contributed by atoms with Crippen LogP contribution in [0.2, 0.25) is 0 Å². The van der Waals surface area contributed by atoms with Gasteiger partial charge in [0.15, 0.2) is 0 Å². The van der Waals surface area contributed by atoms with E-state index >= 15 is 0 Å². The molecule has 116 valence electrons. The van der Waals surface area contributed by atoms with Crippen molar-refractivity contribution in [1.29, 1.82) is 0 Å². The first-order valence-corrected chi connectivity index (χ1v) is 8.23. The fourth-order valence-electron chi connectivity index (χ4n) is 2.72. The van der Waals surface area contributed by atoms with Crippen LogP contribution in [-0.2, 0) is 12.8 Å². The third-order valence-electron chi connectivity index (χ3n) is 4.04. The van der Waals surface area contributed by atoms with Crippen molar-refractivity contribution in [2.75, 3.05) is 0 Å². The van der Waals surface area contributed by atoms with E-state index in [1.807, 2.05) is 24.5 Å². The van der Waals surface area contributed by atoms with Gasteiger partial charge in [0.1, 0.15) is 0 Å². The smallest absolute Gasteiger partial charge is 0.0704 e.